The number of nitrogens with zero attached hydrogens (tertiary/aromatic N) is 2. The molecule has 1 aliphatic heterocycles. The third-order valence-electron chi connectivity index (χ3n) is 5.25. The molecule has 0 spiro atoms. The largest absolute Gasteiger partial charge is 0.497 e. The summed E-state index contributed by atoms with van der Waals surface area (Å²) in [5, 5.41) is 4.20. The molecule has 0 N–H and O–H groups in total. The minimum Gasteiger partial charge on any atom is -0.497 e. The van der Waals surface area contributed by atoms with Gasteiger partial charge in [0.2, 0.25) is 6.10 Å². The second-order valence-electron chi connectivity index (χ2n) is 7.63. The minimum atomic E-state index is -0.511. The lowest BCUT2D eigenvalue weighted by molar-refractivity contribution is -0.143. The lowest BCUT2D eigenvalue weighted by Gasteiger charge is -2.25. The highest BCUT2D eigenvalue weighted by molar-refractivity contribution is 5.94. The van der Waals surface area contributed by atoms with Crippen LogP contribution in [0.1, 0.15) is 30.4 Å². The predicted molar refractivity (Wildman–Crippen MR) is 108 cm³/mol. The van der Waals surface area contributed by atoms with E-state index in [2.05, 4.69) is 17.3 Å². The molecule has 146 valence electrons. The van der Waals surface area contributed by atoms with Gasteiger partial charge in [-0.25, -0.2) is 0 Å². The Morgan fingerprint density at radius 2 is 1.93 bits per heavy atom. The van der Waals surface area contributed by atoms with E-state index in [1.807, 2.05) is 47.4 Å². The van der Waals surface area contributed by atoms with Crippen molar-refractivity contribution >= 4 is 11.6 Å². The first-order valence-electron chi connectivity index (χ1n) is 9.88. The van der Waals surface area contributed by atoms with Crippen LogP contribution in [0.2, 0.25) is 0 Å². The molecule has 2 aromatic rings. The van der Waals surface area contributed by atoms with Crippen molar-refractivity contribution in [1.82, 2.24) is 4.90 Å². The summed E-state index contributed by atoms with van der Waals surface area (Å²) in [6.07, 6.45) is 3.13. The number of ether oxygens (including phenoxy) is 1. The highest BCUT2D eigenvalue weighted by Gasteiger charge is 2.34. The Hall–Kier alpha value is -2.82. The van der Waals surface area contributed by atoms with Crippen LogP contribution in [-0.2, 0) is 22.6 Å². The van der Waals surface area contributed by atoms with Gasteiger partial charge in [0.15, 0.2) is 0 Å². The van der Waals surface area contributed by atoms with E-state index in [1.54, 1.807) is 7.11 Å². The molecule has 1 atom stereocenters. The van der Waals surface area contributed by atoms with Crippen LogP contribution in [0.3, 0.4) is 0 Å². The number of hydrogen-bond acceptors (Lipinski definition) is 4. The standard InChI is InChI=1S/C23H26N2O3/c1-27-21-9-5-8-19(13-21)12-20-14-22(28-24-20)23(26)25(16-18-10-11-18)15-17-6-3-2-4-7-17/h2-9,13,18,22H,10-12,14-16H2,1H3/t22-/m0/s1. The smallest absolute Gasteiger partial charge is 0.267 e. The van der Waals surface area contributed by atoms with Crippen LogP contribution in [0.5, 0.6) is 5.75 Å². The summed E-state index contributed by atoms with van der Waals surface area (Å²) in [5.74, 6) is 1.49. The Morgan fingerprint density at radius 3 is 2.68 bits per heavy atom. The fraction of sp³-hybridized carbons (Fsp3) is 0.391. The molecule has 5 nitrogen and oxygen atoms in total. The van der Waals surface area contributed by atoms with Crippen molar-refractivity contribution in [2.24, 2.45) is 11.1 Å². The lowest BCUT2D eigenvalue weighted by atomic mass is 10.0. The van der Waals surface area contributed by atoms with E-state index in [0.29, 0.717) is 25.3 Å². The highest BCUT2D eigenvalue weighted by Crippen LogP contribution is 2.31. The third kappa shape index (κ3) is 4.71. The van der Waals surface area contributed by atoms with Crippen LogP contribution in [0, 0.1) is 5.92 Å². The van der Waals surface area contributed by atoms with Gasteiger partial charge in [0.25, 0.3) is 5.91 Å². The van der Waals surface area contributed by atoms with Crippen LogP contribution in [0.15, 0.2) is 59.8 Å². The molecule has 0 aromatic heterocycles. The van der Waals surface area contributed by atoms with Gasteiger partial charge in [0, 0.05) is 25.9 Å². The molecule has 1 fully saturated rings. The average Bonchev–Trinajstić information content (AvgIpc) is 3.43. The van der Waals surface area contributed by atoms with Gasteiger partial charge in [-0.1, -0.05) is 47.6 Å². The van der Waals surface area contributed by atoms with Crippen molar-refractivity contribution < 1.29 is 14.4 Å². The molecular formula is C23H26N2O3. The Morgan fingerprint density at radius 1 is 1.14 bits per heavy atom. The maximum atomic E-state index is 13.1. The number of benzene rings is 2. The number of carbonyl (C=O) groups is 1. The molecule has 1 saturated carbocycles. The molecule has 0 radical (unpaired) electrons. The van der Waals surface area contributed by atoms with Gasteiger partial charge in [-0.05, 0) is 42.0 Å². The first kappa shape index (κ1) is 18.5. The van der Waals surface area contributed by atoms with Crippen molar-refractivity contribution in [1.29, 1.82) is 0 Å². The van der Waals surface area contributed by atoms with Gasteiger partial charge in [0.1, 0.15) is 5.75 Å². The summed E-state index contributed by atoms with van der Waals surface area (Å²) in [6, 6.07) is 18.1. The maximum Gasteiger partial charge on any atom is 0.267 e. The van der Waals surface area contributed by atoms with Crippen LogP contribution in [-0.4, -0.2) is 36.3 Å². The van der Waals surface area contributed by atoms with Crippen molar-refractivity contribution in [2.75, 3.05) is 13.7 Å². The van der Waals surface area contributed by atoms with Crippen molar-refractivity contribution in [3.8, 4) is 5.75 Å². The molecule has 1 aliphatic carbocycles. The number of methoxy groups -OCH3 is 1. The van der Waals surface area contributed by atoms with Crippen LogP contribution >= 0.6 is 0 Å². The van der Waals surface area contributed by atoms with Crippen molar-refractivity contribution in [3.05, 3.63) is 65.7 Å². The monoisotopic (exact) mass is 378 g/mol. The molecule has 1 amide bonds. The fourth-order valence-corrected chi connectivity index (χ4v) is 3.53. The SMILES string of the molecule is COc1cccc(CC2=NO[C@H](C(=O)N(Cc3ccccc3)CC3CC3)C2)c1. The van der Waals surface area contributed by atoms with Crippen molar-refractivity contribution in [3.63, 3.8) is 0 Å². The summed E-state index contributed by atoms with van der Waals surface area (Å²) >= 11 is 0. The molecule has 2 aromatic carbocycles. The number of rotatable bonds is 8. The van der Waals surface area contributed by atoms with E-state index in [-0.39, 0.29) is 5.91 Å². The normalized spacial score (nSPS) is 18.3. The summed E-state index contributed by atoms with van der Waals surface area (Å²) in [6.45, 7) is 1.43. The van der Waals surface area contributed by atoms with E-state index in [1.165, 1.54) is 12.8 Å². The molecule has 0 bridgehead atoms. The zero-order valence-electron chi connectivity index (χ0n) is 16.2. The van der Waals surface area contributed by atoms with E-state index >= 15 is 0 Å². The molecule has 1 heterocycles. The number of hydrogen-bond donors (Lipinski definition) is 0. The first-order valence-corrected chi connectivity index (χ1v) is 9.88. The Bertz CT molecular complexity index is 846. The van der Waals surface area contributed by atoms with E-state index in [0.717, 1.165) is 29.1 Å². The Balaban J connectivity index is 1.38. The van der Waals surface area contributed by atoms with Gasteiger partial charge in [-0.3, -0.25) is 4.79 Å². The second kappa shape index (κ2) is 8.46. The van der Waals surface area contributed by atoms with Gasteiger partial charge in [0.05, 0.1) is 12.8 Å². The van der Waals surface area contributed by atoms with Gasteiger partial charge in [-0.15, -0.1) is 0 Å². The quantitative estimate of drug-likeness (QED) is 0.702. The fourth-order valence-electron chi connectivity index (χ4n) is 3.53. The summed E-state index contributed by atoms with van der Waals surface area (Å²) in [7, 11) is 1.66. The summed E-state index contributed by atoms with van der Waals surface area (Å²) in [5.41, 5.74) is 3.15. The Labute approximate surface area is 165 Å². The minimum absolute atomic E-state index is 0.0418. The van der Waals surface area contributed by atoms with Crippen LogP contribution in [0.4, 0.5) is 0 Å². The van der Waals surface area contributed by atoms with Crippen molar-refractivity contribution in [2.45, 2.75) is 38.3 Å². The number of carbonyl (C=O) groups excluding carboxylic acids is 1. The van der Waals surface area contributed by atoms with E-state index in [9.17, 15) is 4.79 Å². The molecule has 5 heteroatoms. The number of amides is 1. The summed E-state index contributed by atoms with van der Waals surface area (Å²) in [4.78, 5) is 20.6. The maximum absolute atomic E-state index is 13.1. The molecule has 4 rings (SSSR count). The molecular weight excluding hydrogens is 352 g/mol. The third-order valence-corrected chi connectivity index (χ3v) is 5.25. The van der Waals surface area contributed by atoms with E-state index < -0.39 is 6.10 Å². The highest BCUT2D eigenvalue weighted by atomic mass is 16.6. The van der Waals surface area contributed by atoms with Crippen LogP contribution < -0.4 is 4.74 Å². The first-order chi connectivity index (χ1) is 13.7. The van der Waals surface area contributed by atoms with Gasteiger partial charge >= 0.3 is 0 Å². The lowest BCUT2D eigenvalue weighted by Crippen LogP contribution is -2.40. The molecule has 0 saturated heterocycles. The second-order valence-corrected chi connectivity index (χ2v) is 7.63. The molecule has 28 heavy (non-hydrogen) atoms. The average molecular weight is 378 g/mol. The zero-order chi connectivity index (χ0) is 19.3. The molecule has 2 aliphatic rings. The number of oxime groups is 1. The molecule has 0 unspecified atom stereocenters. The topological polar surface area (TPSA) is 51.1 Å². The van der Waals surface area contributed by atoms with Gasteiger partial charge < -0.3 is 14.5 Å². The Kier molecular flexibility index (Phi) is 5.60. The van der Waals surface area contributed by atoms with E-state index in [4.69, 9.17) is 9.57 Å². The zero-order valence-corrected chi connectivity index (χ0v) is 16.2. The van der Waals surface area contributed by atoms with Gasteiger partial charge in [-0.2, -0.15) is 0 Å². The predicted octanol–water partition coefficient (Wildman–Crippen LogP) is 3.82. The van der Waals surface area contributed by atoms with Crippen LogP contribution in [0.25, 0.3) is 0 Å². The summed E-state index contributed by atoms with van der Waals surface area (Å²) < 4.78 is 5.28.